The number of hydrogen-bond donors (Lipinski definition) is 3. The highest BCUT2D eigenvalue weighted by molar-refractivity contribution is 9.10. The van der Waals surface area contributed by atoms with Crippen LogP contribution in [0.2, 0.25) is 0 Å². The van der Waals surface area contributed by atoms with E-state index >= 15 is 0 Å². The zero-order chi connectivity index (χ0) is 32.3. The summed E-state index contributed by atoms with van der Waals surface area (Å²) < 4.78 is 0.809. The van der Waals surface area contributed by atoms with Gasteiger partial charge in [-0.05, 0) is 87.6 Å². The summed E-state index contributed by atoms with van der Waals surface area (Å²) in [5.74, 6) is -0.979. The molecule has 0 aromatic heterocycles. The molecule has 0 aliphatic carbocycles. The molecule has 46 heavy (non-hydrogen) atoms. The molecule has 5 rings (SSSR count). The highest BCUT2D eigenvalue weighted by Gasteiger charge is 2.20. The van der Waals surface area contributed by atoms with E-state index in [2.05, 4.69) is 31.9 Å². The van der Waals surface area contributed by atoms with Gasteiger partial charge < -0.3 is 16.0 Å². The predicted molar refractivity (Wildman–Crippen MR) is 192 cm³/mol. The maximum atomic E-state index is 13.6. The lowest BCUT2D eigenvalue weighted by molar-refractivity contribution is -0.116. The topological polar surface area (TPSA) is 87.3 Å². The maximum absolute atomic E-state index is 13.6. The van der Waals surface area contributed by atoms with Gasteiger partial charge in [0.15, 0.2) is 0 Å². The number of nitrogens with one attached hydrogen (secondary N) is 3. The molecule has 5 aromatic rings. The predicted octanol–water partition coefficient (Wildman–Crippen LogP) is 9.04. The first-order chi connectivity index (χ1) is 22.4. The Morgan fingerprint density at radius 1 is 0.739 bits per heavy atom. The van der Waals surface area contributed by atoms with Gasteiger partial charge in [0.05, 0.1) is 10.9 Å². The number of amides is 3. The van der Waals surface area contributed by atoms with Crippen molar-refractivity contribution in [1.82, 2.24) is 5.32 Å². The molecule has 3 N–H and O–H groups in total. The maximum Gasteiger partial charge on any atom is 0.272 e. The van der Waals surface area contributed by atoms with E-state index in [1.54, 1.807) is 36.4 Å². The minimum atomic E-state index is -0.475. The van der Waals surface area contributed by atoms with Gasteiger partial charge in [0.25, 0.3) is 11.8 Å². The van der Waals surface area contributed by atoms with E-state index in [4.69, 9.17) is 0 Å². The van der Waals surface area contributed by atoms with Crippen LogP contribution < -0.4 is 16.0 Å². The normalized spacial score (nSPS) is 11.7. The Morgan fingerprint density at radius 3 is 2.09 bits per heavy atom. The second-order valence-electron chi connectivity index (χ2n) is 10.3. The fourth-order valence-electron chi connectivity index (χ4n) is 4.62. The minimum absolute atomic E-state index is 0.0959. The van der Waals surface area contributed by atoms with Crippen molar-refractivity contribution in [2.75, 3.05) is 10.6 Å². The Bertz CT molecular complexity index is 1840. The van der Waals surface area contributed by atoms with Gasteiger partial charge in [0.1, 0.15) is 5.70 Å². The molecule has 230 valence electrons. The Kier molecular flexibility index (Phi) is 11.2. The largest absolute Gasteiger partial charge is 0.324 e. The molecule has 0 saturated carbocycles. The third-order valence-electron chi connectivity index (χ3n) is 7.02. The van der Waals surface area contributed by atoms with Crippen molar-refractivity contribution in [1.29, 1.82) is 0 Å². The van der Waals surface area contributed by atoms with Crippen LogP contribution in [0.1, 0.15) is 29.3 Å². The van der Waals surface area contributed by atoms with Crippen LogP contribution in [0.4, 0.5) is 11.4 Å². The van der Waals surface area contributed by atoms with Gasteiger partial charge in [0, 0.05) is 20.6 Å². The molecule has 0 saturated heterocycles. The van der Waals surface area contributed by atoms with E-state index in [0.717, 1.165) is 26.1 Å². The summed E-state index contributed by atoms with van der Waals surface area (Å²) in [6.07, 6.45) is 2.27. The molecule has 0 radical (unpaired) electrons. The summed E-state index contributed by atoms with van der Waals surface area (Å²) in [6.45, 7) is 1.96. The van der Waals surface area contributed by atoms with Gasteiger partial charge in [-0.1, -0.05) is 97.9 Å². The lowest BCUT2D eigenvalue weighted by atomic mass is 10.0. The Labute approximate surface area is 281 Å². The summed E-state index contributed by atoms with van der Waals surface area (Å²) >= 11 is 4.89. The number of benzene rings is 5. The molecular weight excluding hydrogens is 658 g/mol. The molecule has 0 aliphatic rings. The molecule has 1 atom stereocenters. The molecule has 0 aliphatic heterocycles. The quantitative estimate of drug-likeness (QED) is 0.0954. The SMILES string of the molecule is CCC(Sc1cccc(NC(=O)/C(=C\c2ccc(-c3ccccc3)cc2)NC(=O)c2ccccc2)c1)C(=O)Nc1ccccc1Br. The van der Waals surface area contributed by atoms with Crippen LogP contribution in [0, 0.1) is 0 Å². The lowest BCUT2D eigenvalue weighted by Gasteiger charge is -2.16. The number of rotatable bonds is 11. The van der Waals surface area contributed by atoms with Gasteiger partial charge in [-0.2, -0.15) is 0 Å². The van der Waals surface area contributed by atoms with Crippen LogP contribution in [-0.4, -0.2) is 23.0 Å². The summed E-state index contributed by atoms with van der Waals surface area (Å²) in [4.78, 5) is 40.6. The lowest BCUT2D eigenvalue weighted by Crippen LogP contribution is -2.30. The Hall–Kier alpha value is -4.92. The van der Waals surface area contributed by atoms with E-state index in [0.29, 0.717) is 23.4 Å². The summed E-state index contributed by atoms with van der Waals surface area (Å²) in [7, 11) is 0. The van der Waals surface area contributed by atoms with Gasteiger partial charge >= 0.3 is 0 Å². The van der Waals surface area contributed by atoms with E-state index in [9.17, 15) is 14.4 Å². The third kappa shape index (κ3) is 8.84. The smallest absolute Gasteiger partial charge is 0.272 e. The number of thioether (sulfide) groups is 1. The molecule has 5 aromatic carbocycles. The second kappa shape index (κ2) is 15.9. The Morgan fingerprint density at radius 2 is 1.39 bits per heavy atom. The van der Waals surface area contributed by atoms with Crippen molar-refractivity contribution in [3.8, 4) is 11.1 Å². The van der Waals surface area contributed by atoms with Crippen LogP contribution in [0.3, 0.4) is 0 Å². The van der Waals surface area contributed by atoms with Gasteiger partial charge in [-0.3, -0.25) is 14.4 Å². The minimum Gasteiger partial charge on any atom is -0.324 e. The van der Waals surface area contributed by atoms with Crippen LogP contribution in [0.25, 0.3) is 17.2 Å². The standard InChI is InChI=1S/C38H32BrN3O3S/c1-2-35(38(45)41-33-19-10-9-18-32(33)39)46-31-17-11-16-30(25-31)40-37(44)34(42-36(43)29-14-7-4-8-15-29)24-26-20-22-28(23-21-26)27-12-5-3-6-13-27/h3-25,35H,2H2,1H3,(H,40,44)(H,41,45)(H,42,43)/b34-24+. The fourth-order valence-corrected chi connectivity index (χ4v) is 6.02. The zero-order valence-electron chi connectivity index (χ0n) is 25.1. The molecule has 0 fully saturated rings. The number of halogens is 1. The zero-order valence-corrected chi connectivity index (χ0v) is 27.5. The van der Waals surface area contributed by atoms with Gasteiger partial charge in [0.2, 0.25) is 5.91 Å². The summed E-state index contributed by atoms with van der Waals surface area (Å²) in [6, 6.07) is 41.3. The second-order valence-corrected chi connectivity index (χ2v) is 12.5. The van der Waals surface area contributed by atoms with Crippen molar-refractivity contribution in [3.05, 3.63) is 155 Å². The van der Waals surface area contributed by atoms with Gasteiger partial charge in [-0.15, -0.1) is 11.8 Å². The molecule has 6 nitrogen and oxygen atoms in total. The summed E-state index contributed by atoms with van der Waals surface area (Å²) in [5, 5.41) is 8.35. The van der Waals surface area contributed by atoms with Crippen molar-refractivity contribution in [2.24, 2.45) is 0 Å². The highest BCUT2D eigenvalue weighted by Crippen LogP contribution is 2.30. The number of hydrogen-bond acceptors (Lipinski definition) is 4. The van der Waals surface area contributed by atoms with Crippen LogP contribution >= 0.6 is 27.7 Å². The molecule has 0 spiro atoms. The molecule has 8 heteroatoms. The molecule has 0 heterocycles. The first kappa shape index (κ1) is 32.5. The molecular formula is C38H32BrN3O3S. The number of anilines is 2. The van der Waals surface area contributed by atoms with Crippen molar-refractivity contribution in [3.63, 3.8) is 0 Å². The van der Waals surface area contributed by atoms with E-state index < -0.39 is 11.8 Å². The summed E-state index contributed by atoms with van der Waals surface area (Å²) in [5.41, 5.74) is 4.66. The fraction of sp³-hybridized carbons (Fsp3) is 0.0789. The molecule has 1 unspecified atom stereocenters. The van der Waals surface area contributed by atoms with E-state index in [-0.39, 0.29) is 16.9 Å². The first-order valence-electron chi connectivity index (χ1n) is 14.8. The number of carbonyl (C=O) groups is 3. The van der Waals surface area contributed by atoms with E-state index in [1.807, 2.05) is 110 Å². The van der Waals surface area contributed by atoms with Gasteiger partial charge in [-0.25, -0.2) is 0 Å². The van der Waals surface area contributed by atoms with Crippen LogP contribution in [-0.2, 0) is 9.59 Å². The first-order valence-corrected chi connectivity index (χ1v) is 16.4. The number of para-hydroxylation sites is 1. The third-order valence-corrected chi connectivity index (χ3v) is 9.07. The van der Waals surface area contributed by atoms with Crippen LogP contribution in [0.15, 0.2) is 149 Å². The van der Waals surface area contributed by atoms with E-state index in [1.165, 1.54) is 11.8 Å². The van der Waals surface area contributed by atoms with Crippen LogP contribution in [0.5, 0.6) is 0 Å². The molecule has 3 amide bonds. The molecule has 0 bridgehead atoms. The van der Waals surface area contributed by atoms with Crippen molar-refractivity contribution in [2.45, 2.75) is 23.5 Å². The monoisotopic (exact) mass is 689 g/mol. The average Bonchev–Trinajstić information content (AvgIpc) is 3.09. The average molecular weight is 691 g/mol. The number of carbonyl (C=O) groups excluding carboxylic acids is 3. The van der Waals surface area contributed by atoms with Crippen molar-refractivity contribution >= 4 is 62.9 Å². The highest BCUT2D eigenvalue weighted by atomic mass is 79.9. The van der Waals surface area contributed by atoms with Crippen molar-refractivity contribution < 1.29 is 14.4 Å². The Balaban J connectivity index is 1.33.